The monoisotopic (exact) mass is 266 g/mol. The SMILES string of the molecule is CCn1c(C)nc2c(OCc3ccccc3)cccc21. The maximum atomic E-state index is 5.94. The van der Waals surface area contributed by atoms with Crippen LogP contribution in [0.3, 0.4) is 0 Å². The molecule has 0 amide bonds. The zero-order valence-electron chi connectivity index (χ0n) is 11.8. The zero-order valence-corrected chi connectivity index (χ0v) is 11.8. The Hall–Kier alpha value is -2.29. The molecule has 0 unspecified atom stereocenters. The summed E-state index contributed by atoms with van der Waals surface area (Å²) in [5, 5.41) is 0. The summed E-state index contributed by atoms with van der Waals surface area (Å²) >= 11 is 0. The van der Waals surface area contributed by atoms with Crippen molar-refractivity contribution < 1.29 is 4.74 Å². The molecule has 0 spiro atoms. The number of aromatic nitrogens is 2. The van der Waals surface area contributed by atoms with Crippen LogP contribution < -0.4 is 4.74 Å². The summed E-state index contributed by atoms with van der Waals surface area (Å²) in [7, 11) is 0. The summed E-state index contributed by atoms with van der Waals surface area (Å²) in [6, 6.07) is 16.3. The molecule has 3 heteroatoms. The van der Waals surface area contributed by atoms with E-state index in [9.17, 15) is 0 Å². The second-order valence-electron chi connectivity index (χ2n) is 4.80. The van der Waals surface area contributed by atoms with Crippen LogP contribution in [0.25, 0.3) is 11.0 Å². The first-order valence-electron chi connectivity index (χ1n) is 6.92. The Kier molecular flexibility index (Phi) is 3.42. The van der Waals surface area contributed by atoms with Crippen LogP contribution in [0, 0.1) is 6.92 Å². The summed E-state index contributed by atoms with van der Waals surface area (Å²) in [5.41, 5.74) is 3.24. The molecule has 0 aliphatic rings. The Morgan fingerprint density at radius 3 is 2.60 bits per heavy atom. The highest BCUT2D eigenvalue weighted by molar-refractivity contribution is 5.82. The number of fused-ring (bicyclic) bond motifs is 1. The van der Waals surface area contributed by atoms with Gasteiger partial charge in [-0.25, -0.2) is 4.98 Å². The molecule has 0 saturated heterocycles. The predicted molar refractivity (Wildman–Crippen MR) is 80.9 cm³/mol. The number of rotatable bonds is 4. The van der Waals surface area contributed by atoms with Gasteiger partial charge in [-0.2, -0.15) is 0 Å². The molecule has 3 rings (SSSR count). The van der Waals surface area contributed by atoms with Crippen LogP contribution in [0.15, 0.2) is 48.5 Å². The molecule has 102 valence electrons. The average Bonchev–Trinajstić information content (AvgIpc) is 2.82. The van der Waals surface area contributed by atoms with Gasteiger partial charge in [0.25, 0.3) is 0 Å². The lowest BCUT2D eigenvalue weighted by atomic mass is 10.2. The van der Waals surface area contributed by atoms with Crippen LogP contribution in [-0.4, -0.2) is 9.55 Å². The van der Waals surface area contributed by atoms with Crippen molar-refractivity contribution in [3.05, 3.63) is 59.9 Å². The highest BCUT2D eigenvalue weighted by Crippen LogP contribution is 2.26. The molecule has 1 aromatic heterocycles. The number of imidazole rings is 1. The van der Waals surface area contributed by atoms with E-state index in [1.165, 1.54) is 0 Å². The molecule has 0 atom stereocenters. The Labute approximate surface area is 118 Å². The summed E-state index contributed by atoms with van der Waals surface area (Å²) in [6.07, 6.45) is 0. The lowest BCUT2D eigenvalue weighted by Gasteiger charge is -2.07. The quantitative estimate of drug-likeness (QED) is 0.715. The third-order valence-corrected chi connectivity index (χ3v) is 3.49. The molecule has 0 N–H and O–H groups in total. The van der Waals surface area contributed by atoms with Crippen molar-refractivity contribution in [1.29, 1.82) is 0 Å². The van der Waals surface area contributed by atoms with Crippen LogP contribution in [-0.2, 0) is 13.2 Å². The Bertz CT molecular complexity index is 716. The fourth-order valence-electron chi connectivity index (χ4n) is 2.49. The number of nitrogens with zero attached hydrogens (tertiary/aromatic N) is 2. The highest BCUT2D eigenvalue weighted by atomic mass is 16.5. The van der Waals surface area contributed by atoms with Crippen molar-refractivity contribution in [2.24, 2.45) is 0 Å². The topological polar surface area (TPSA) is 27.1 Å². The third-order valence-electron chi connectivity index (χ3n) is 3.49. The molecule has 1 heterocycles. The zero-order chi connectivity index (χ0) is 13.9. The maximum absolute atomic E-state index is 5.94. The first-order chi connectivity index (χ1) is 9.79. The van der Waals surface area contributed by atoms with Gasteiger partial charge < -0.3 is 9.30 Å². The van der Waals surface area contributed by atoms with Crippen molar-refractivity contribution >= 4 is 11.0 Å². The molecular formula is C17H18N2O. The minimum atomic E-state index is 0.567. The number of aryl methyl sites for hydroxylation is 2. The molecule has 2 aromatic carbocycles. The largest absolute Gasteiger partial charge is 0.487 e. The van der Waals surface area contributed by atoms with E-state index in [1.807, 2.05) is 37.3 Å². The van der Waals surface area contributed by atoms with Gasteiger partial charge in [-0.3, -0.25) is 0 Å². The van der Waals surface area contributed by atoms with Gasteiger partial charge in [0.2, 0.25) is 0 Å². The molecule has 0 aliphatic heterocycles. The fourth-order valence-corrected chi connectivity index (χ4v) is 2.49. The van der Waals surface area contributed by atoms with E-state index in [0.29, 0.717) is 6.61 Å². The molecule has 0 bridgehead atoms. The Balaban J connectivity index is 1.92. The van der Waals surface area contributed by atoms with E-state index >= 15 is 0 Å². The molecular weight excluding hydrogens is 248 g/mol. The van der Waals surface area contributed by atoms with Crippen LogP contribution >= 0.6 is 0 Å². The summed E-state index contributed by atoms with van der Waals surface area (Å²) in [4.78, 5) is 4.63. The fraction of sp³-hybridized carbons (Fsp3) is 0.235. The van der Waals surface area contributed by atoms with E-state index in [0.717, 1.165) is 34.7 Å². The van der Waals surface area contributed by atoms with E-state index < -0.39 is 0 Å². The number of ether oxygens (including phenoxy) is 1. The van der Waals surface area contributed by atoms with Gasteiger partial charge in [0, 0.05) is 6.54 Å². The predicted octanol–water partition coefficient (Wildman–Crippen LogP) is 3.94. The normalized spacial score (nSPS) is 10.9. The van der Waals surface area contributed by atoms with E-state index in [1.54, 1.807) is 0 Å². The minimum Gasteiger partial charge on any atom is -0.487 e. The highest BCUT2D eigenvalue weighted by Gasteiger charge is 2.10. The second-order valence-corrected chi connectivity index (χ2v) is 4.80. The Morgan fingerprint density at radius 1 is 1.05 bits per heavy atom. The van der Waals surface area contributed by atoms with E-state index in [4.69, 9.17) is 4.74 Å². The number of para-hydroxylation sites is 1. The van der Waals surface area contributed by atoms with Crippen molar-refractivity contribution in [2.45, 2.75) is 27.0 Å². The molecule has 0 fully saturated rings. The maximum Gasteiger partial charge on any atom is 0.147 e. The molecule has 3 aromatic rings. The standard InChI is InChI=1S/C17H18N2O/c1-3-19-13(2)18-17-15(19)10-7-11-16(17)20-12-14-8-5-4-6-9-14/h4-11H,3,12H2,1-2H3. The summed E-state index contributed by atoms with van der Waals surface area (Å²) in [6.45, 7) is 5.65. The van der Waals surface area contributed by atoms with Gasteiger partial charge in [0.05, 0.1) is 5.52 Å². The van der Waals surface area contributed by atoms with Gasteiger partial charge in [0.1, 0.15) is 23.7 Å². The number of hydrogen-bond donors (Lipinski definition) is 0. The molecule has 20 heavy (non-hydrogen) atoms. The van der Waals surface area contributed by atoms with Crippen LogP contribution in [0.2, 0.25) is 0 Å². The third kappa shape index (κ3) is 2.27. The minimum absolute atomic E-state index is 0.567. The van der Waals surface area contributed by atoms with E-state index in [-0.39, 0.29) is 0 Å². The van der Waals surface area contributed by atoms with Gasteiger partial charge in [-0.1, -0.05) is 36.4 Å². The van der Waals surface area contributed by atoms with Gasteiger partial charge in [-0.15, -0.1) is 0 Å². The van der Waals surface area contributed by atoms with Crippen molar-refractivity contribution in [2.75, 3.05) is 0 Å². The lowest BCUT2D eigenvalue weighted by molar-refractivity contribution is 0.309. The van der Waals surface area contributed by atoms with Crippen molar-refractivity contribution in [3.63, 3.8) is 0 Å². The first-order valence-corrected chi connectivity index (χ1v) is 6.92. The van der Waals surface area contributed by atoms with Gasteiger partial charge >= 0.3 is 0 Å². The molecule has 0 radical (unpaired) electrons. The van der Waals surface area contributed by atoms with Gasteiger partial charge in [-0.05, 0) is 31.5 Å². The van der Waals surface area contributed by atoms with Crippen molar-refractivity contribution in [1.82, 2.24) is 9.55 Å². The van der Waals surface area contributed by atoms with Crippen molar-refractivity contribution in [3.8, 4) is 5.75 Å². The number of hydrogen-bond acceptors (Lipinski definition) is 2. The van der Waals surface area contributed by atoms with Gasteiger partial charge in [0.15, 0.2) is 0 Å². The smallest absolute Gasteiger partial charge is 0.147 e. The van der Waals surface area contributed by atoms with E-state index in [2.05, 4.69) is 34.7 Å². The Morgan fingerprint density at radius 2 is 1.85 bits per heavy atom. The van der Waals surface area contributed by atoms with Crippen LogP contribution in [0.4, 0.5) is 0 Å². The summed E-state index contributed by atoms with van der Waals surface area (Å²) in [5.74, 6) is 1.87. The second kappa shape index (κ2) is 5.37. The molecule has 0 aliphatic carbocycles. The molecule has 0 saturated carbocycles. The van der Waals surface area contributed by atoms with Crippen LogP contribution in [0.5, 0.6) is 5.75 Å². The average molecular weight is 266 g/mol. The molecule has 3 nitrogen and oxygen atoms in total. The summed E-state index contributed by atoms with van der Waals surface area (Å²) < 4.78 is 8.14. The lowest BCUT2D eigenvalue weighted by Crippen LogP contribution is -1.97. The number of benzene rings is 2. The first kappa shape index (κ1) is 12.7. The van der Waals surface area contributed by atoms with Crippen LogP contribution in [0.1, 0.15) is 18.3 Å².